The molecule has 10 heteroatoms. The minimum Gasteiger partial charge on any atom is -0.493 e. The summed E-state index contributed by atoms with van der Waals surface area (Å²) >= 11 is 0. The van der Waals surface area contributed by atoms with Crippen molar-refractivity contribution >= 4 is 23.4 Å². The minimum absolute atomic E-state index is 0.0665. The highest BCUT2D eigenvalue weighted by Crippen LogP contribution is 2.34. The van der Waals surface area contributed by atoms with Crippen LogP contribution in [-0.4, -0.2) is 37.8 Å². The van der Waals surface area contributed by atoms with Gasteiger partial charge >= 0.3 is 12.1 Å². The predicted octanol–water partition coefficient (Wildman–Crippen LogP) is 3.54. The molecule has 0 unspecified atom stereocenters. The van der Waals surface area contributed by atoms with Gasteiger partial charge in [0.25, 0.3) is 5.69 Å². The van der Waals surface area contributed by atoms with E-state index in [1.807, 2.05) is 0 Å². The number of anilines is 1. The average molecular weight is 404 g/mol. The highest BCUT2D eigenvalue weighted by atomic mass is 16.6. The van der Waals surface area contributed by atoms with Crippen molar-refractivity contribution in [1.29, 1.82) is 0 Å². The molecule has 0 bridgehead atoms. The molecule has 0 aromatic heterocycles. The van der Waals surface area contributed by atoms with Crippen LogP contribution in [0.1, 0.15) is 22.8 Å². The first-order valence-corrected chi connectivity index (χ1v) is 8.49. The number of ether oxygens (including phenoxy) is 4. The quantitative estimate of drug-likeness (QED) is 0.402. The monoisotopic (exact) mass is 404 g/mol. The number of nitro benzene ring substituents is 1. The van der Waals surface area contributed by atoms with Crippen molar-refractivity contribution in [3.8, 4) is 11.5 Å². The van der Waals surface area contributed by atoms with Gasteiger partial charge in [-0.15, -0.1) is 0 Å². The van der Waals surface area contributed by atoms with E-state index in [1.165, 1.54) is 50.6 Å². The van der Waals surface area contributed by atoms with Gasteiger partial charge in [0, 0.05) is 24.3 Å². The van der Waals surface area contributed by atoms with E-state index in [4.69, 9.17) is 18.9 Å². The lowest BCUT2D eigenvalue weighted by molar-refractivity contribution is -0.384. The van der Waals surface area contributed by atoms with Gasteiger partial charge in [-0.25, -0.2) is 9.59 Å². The Morgan fingerprint density at radius 2 is 1.66 bits per heavy atom. The van der Waals surface area contributed by atoms with Crippen LogP contribution in [0.4, 0.5) is 16.2 Å². The smallest absolute Gasteiger partial charge is 0.411 e. The molecule has 0 fully saturated rings. The Kier molecular flexibility index (Phi) is 7.35. The van der Waals surface area contributed by atoms with E-state index < -0.39 is 17.0 Å². The summed E-state index contributed by atoms with van der Waals surface area (Å²) in [5.41, 5.74) is 0.679. The molecule has 2 rings (SSSR count). The second kappa shape index (κ2) is 9.93. The maximum Gasteiger partial charge on any atom is 0.411 e. The maximum absolute atomic E-state index is 12.2. The summed E-state index contributed by atoms with van der Waals surface area (Å²) in [6, 6.07) is 8.38. The zero-order valence-corrected chi connectivity index (χ0v) is 16.1. The Balaban J connectivity index is 2.15. The van der Waals surface area contributed by atoms with Gasteiger partial charge in [0.15, 0.2) is 11.5 Å². The van der Waals surface area contributed by atoms with Crippen LogP contribution in [0.25, 0.3) is 0 Å². The number of rotatable bonds is 8. The summed E-state index contributed by atoms with van der Waals surface area (Å²) in [6.45, 7) is 1.69. The lowest BCUT2D eigenvalue weighted by Gasteiger charge is -2.15. The number of nitrogens with zero attached hydrogens (tertiary/aromatic N) is 1. The zero-order valence-electron chi connectivity index (χ0n) is 16.1. The highest BCUT2D eigenvalue weighted by Gasteiger charge is 2.20. The molecule has 0 saturated carbocycles. The van der Waals surface area contributed by atoms with Gasteiger partial charge in [0.05, 0.1) is 37.0 Å². The third-order valence-corrected chi connectivity index (χ3v) is 3.77. The summed E-state index contributed by atoms with van der Waals surface area (Å²) in [5, 5.41) is 13.1. The predicted molar refractivity (Wildman–Crippen MR) is 102 cm³/mol. The number of esters is 1. The molecular weight excluding hydrogens is 384 g/mol. The van der Waals surface area contributed by atoms with Gasteiger partial charge in [0.2, 0.25) is 0 Å². The van der Waals surface area contributed by atoms with E-state index in [1.54, 1.807) is 6.92 Å². The van der Waals surface area contributed by atoms with Crippen LogP contribution in [0.15, 0.2) is 36.4 Å². The molecule has 154 valence electrons. The first-order valence-electron chi connectivity index (χ1n) is 8.49. The minimum atomic E-state index is -0.832. The molecule has 0 aliphatic heterocycles. The average Bonchev–Trinajstić information content (AvgIpc) is 2.72. The topological polar surface area (TPSA) is 126 Å². The normalized spacial score (nSPS) is 10.0. The molecule has 0 atom stereocenters. The number of methoxy groups -OCH3 is 2. The summed E-state index contributed by atoms with van der Waals surface area (Å²) in [4.78, 5) is 34.5. The summed E-state index contributed by atoms with van der Waals surface area (Å²) in [6.07, 6.45) is -0.832. The van der Waals surface area contributed by atoms with Crippen molar-refractivity contribution in [3.63, 3.8) is 0 Å². The third kappa shape index (κ3) is 5.58. The second-order valence-corrected chi connectivity index (χ2v) is 5.60. The molecular formula is C19H20N2O8. The van der Waals surface area contributed by atoms with Gasteiger partial charge in [-0.05, 0) is 24.6 Å². The first kappa shape index (κ1) is 21.5. The van der Waals surface area contributed by atoms with Crippen molar-refractivity contribution in [1.82, 2.24) is 0 Å². The van der Waals surface area contributed by atoms with E-state index in [9.17, 15) is 19.7 Å². The molecule has 10 nitrogen and oxygen atoms in total. The Morgan fingerprint density at radius 1 is 1.03 bits per heavy atom. The second-order valence-electron chi connectivity index (χ2n) is 5.60. The lowest BCUT2D eigenvalue weighted by atomic mass is 10.1. The Bertz CT molecular complexity index is 896. The number of nitro groups is 1. The Labute approximate surface area is 166 Å². The zero-order chi connectivity index (χ0) is 21.4. The molecule has 0 spiro atoms. The SMILES string of the molecule is CCOC(=O)c1cc(OC)c(OC)cc1NC(=O)OCc1ccc([N+](=O)[O-])cc1. The molecule has 0 saturated heterocycles. The Morgan fingerprint density at radius 3 is 2.21 bits per heavy atom. The van der Waals surface area contributed by atoms with Crippen LogP contribution in [0.5, 0.6) is 11.5 Å². The van der Waals surface area contributed by atoms with Crippen LogP contribution in [0, 0.1) is 10.1 Å². The molecule has 2 aromatic carbocycles. The molecule has 29 heavy (non-hydrogen) atoms. The Hall–Kier alpha value is -3.82. The van der Waals surface area contributed by atoms with Gasteiger partial charge in [0.1, 0.15) is 6.61 Å². The van der Waals surface area contributed by atoms with Crippen LogP contribution >= 0.6 is 0 Å². The number of carbonyl (C=O) groups is 2. The number of benzene rings is 2. The van der Waals surface area contributed by atoms with Gasteiger partial charge in [-0.3, -0.25) is 15.4 Å². The fraction of sp³-hybridized carbons (Fsp3) is 0.263. The molecule has 0 aliphatic carbocycles. The molecule has 1 N–H and O–H groups in total. The number of hydrogen-bond donors (Lipinski definition) is 1. The van der Waals surface area contributed by atoms with E-state index >= 15 is 0 Å². The van der Waals surface area contributed by atoms with Gasteiger partial charge < -0.3 is 18.9 Å². The third-order valence-electron chi connectivity index (χ3n) is 3.77. The van der Waals surface area contributed by atoms with E-state index in [-0.39, 0.29) is 30.2 Å². The van der Waals surface area contributed by atoms with Crippen LogP contribution in [0.2, 0.25) is 0 Å². The summed E-state index contributed by atoms with van der Waals surface area (Å²) < 4.78 is 20.5. The van der Waals surface area contributed by atoms with Crippen LogP contribution < -0.4 is 14.8 Å². The largest absolute Gasteiger partial charge is 0.493 e. The molecule has 1 amide bonds. The standard InChI is InChI=1S/C19H20N2O8/c1-4-28-18(22)14-9-16(26-2)17(27-3)10-15(14)20-19(23)29-11-12-5-7-13(8-6-12)21(24)25/h5-10H,4,11H2,1-3H3,(H,20,23). The van der Waals surface area contributed by atoms with Crippen molar-refractivity contribution in [2.45, 2.75) is 13.5 Å². The van der Waals surface area contributed by atoms with Crippen LogP contribution in [0.3, 0.4) is 0 Å². The van der Waals surface area contributed by atoms with Crippen molar-refractivity contribution < 1.29 is 33.5 Å². The van der Waals surface area contributed by atoms with Crippen molar-refractivity contribution in [2.24, 2.45) is 0 Å². The van der Waals surface area contributed by atoms with Crippen molar-refractivity contribution in [2.75, 3.05) is 26.1 Å². The molecule has 0 aliphatic rings. The molecule has 0 radical (unpaired) electrons. The van der Waals surface area contributed by atoms with Gasteiger partial charge in [-0.2, -0.15) is 0 Å². The van der Waals surface area contributed by atoms with E-state index in [2.05, 4.69) is 5.32 Å². The number of non-ortho nitro benzene ring substituents is 1. The number of amides is 1. The molecule has 0 heterocycles. The van der Waals surface area contributed by atoms with E-state index in [0.717, 1.165) is 0 Å². The molecule has 2 aromatic rings. The van der Waals surface area contributed by atoms with Crippen LogP contribution in [-0.2, 0) is 16.1 Å². The highest BCUT2D eigenvalue weighted by molar-refractivity contribution is 6.00. The maximum atomic E-state index is 12.2. The first-order chi connectivity index (χ1) is 13.9. The lowest BCUT2D eigenvalue weighted by Crippen LogP contribution is -2.17. The fourth-order valence-corrected chi connectivity index (χ4v) is 2.37. The number of nitrogens with one attached hydrogen (secondary N) is 1. The van der Waals surface area contributed by atoms with Crippen molar-refractivity contribution in [3.05, 3.63) is 57.6 Å². The summed E-state index contributed by atoms with van der Waals surface area (Å²) in [5.74, 6) is -0.0642. The van der Waals surface area contributed by atoms with E-state index in [0.29, 0.717) is 17.1 Å². The number of hydrogen-bond acceptors (Lipinski definition) is 8. The summed E-state index contributed by atoms with van der Waals surface area (Å²) in [7, 11) is 2.83. The van der Waals surface area contributed by atoms with Gasteiger partial charge in [-0.1, -0.05) is 0 Å². The fourth-order valence-electron chi connectivity index (χ4n) is 2.37. The number of carbonyl (C=O) groups excluding carboxylic acids is 2.